The van der Waals surface area contributed by atoms with Crippen LogP contribution in [0.3, 0.4) is 0 Å². The van der Waals surface area contributed by atoms with Gasteiger partial charge >= 0.3 is 0 Å². The zero-order valence-electron chi connectivity index (χ0n) is 16.6. The van der Waals surface area contributed by atoms with Crippen LogP contribution in [0.1, 0.15) is 28.8 Å². The third-order valence-electron chi connectivity index (χ3n) is 6.72. The molecule has 0 radical (unpaired) electrons. The smallest absolute Gasteiger partial charge is 0.253 e. The maximum absolute atomic E-state index is 13.3. The van der Waals surface area contributed by atoms with Gasteiger partial charge in [-0.25, -0.2) is 0 Å². The Kier molecular flexibility index (Phi) is 4.29. The van der Waals surface area contributed by atoms with E-state index < -0.39 is 0 Å². The summed E-state index contributed by atoms with van der Waals surface area (Å²) in [5.41, 5.74) is 1.75. The minimum absolute atomic E-state index is 0.103. The van der Waals surface area contributed by atoms with Gasteiger partial charge in [0.05, 0.1) is 24.8 Å². The Morgan fingerprint density at radius 3 is 3.04 bits per heavy atom. The lowest BCUT2D eigenvalue weighted by Gasteiger charge is -2.30. The second kappa shape index (κ2) is 6.71. The van der Waals surface area contributed by atoms with Gasteiger partial charge in [-0.05, 0) is 50.7 Å². The van der Waals surface area contributed by atoms with E-state index in [9.17, 15) is 4.79 Å². The van der Waals surface area contributed by atoms with Gasteiger partial charge in [0.25, 0.3) is 5.91 Å². The molecule has 4 heterocycles. The third kappa shape index (κ3) is 2.95. The molecular weight excluding hydrogens is 352 g/mol. The average Bonchev–Trinajstić information content (AvgIpc) is 3.43. The third-order valence-corrected chi connectivity index (χ3v) is 6.72. The lowest BCUT2D eigenvalue weighted by atomic mass is 9.73. The quantitative estimate of drug-likeness (QED) is 0.797. The monoisotopic (exact) mass is 380 g/mol. The van der Waals surface area contributed by atoms with Crippen molar-refractivity contribution >= 4 is 5.91 Å². The zero-order valence-corrected chi connectivity index (χ0v) is 16.6. The van der Waals surface area contributed by atoms with E-state index in [-0.39, 0.29) is 11.5 Å². The number of ether oxygens (including phenoxy) is 1. The normalized spacial score (nSPS) is 31.0. The molecule has 3 aliphatic rings. The van der Waals surface area contributed by atoms with Crippen LogP contribution in [0.25, 0.3) is 0 Å². The summed E-state index contributed by atoms with van der Waals surface area (Å²) >= 11 is 0. The van der Waals surface area contributed by atoms with Gasteiger partial charge in [-0.1, -0.05) is 12.1 Å². The SMILES string of the molecule is CN(C)C[C@H]1[C@@H]2CC[C@@]3(CN(C(=O)c4cccc(Cn5cccn5)c4)C[C@@H]13)O2. The highest BCUT2D eigenvalue weighted by Gasteiger charge is 2.63. The number of nitrogens with zero attached hydrogens (tertiary/aromatic N) is 4. The molecule has 0 saturated carbocycles. The van der Waals surface area contributed by atoms with E-state index in [0.717, 1.165) is 43.6 Å². The van der Waals surface area contributed by atoms with Gasteiger partial charge in [0, 0.05) is 42.9 Å². The fourth-order valence-corrected chi connectivity index (χ4v) is 5.58. The molecule has 3 saturated heterocycles. The number of carbonyl (C=O) groups is 1. The summed E-state index contributed by atoms with van der Waals surface area (Å²) in [5.74, 6) is 1.12. The number of hydrogen-bond donors (Lipinski definition) is 0. The van der Waals surface area contributed by atoms with E-state index >= 15 is 0 Å². The van der Waals surface area contributed by atoms with E-state index in [4.69, 9.17) is 4.74 Å². The van der Waals surface area contributed by atoms with Crippen molar-refractivity contribution < 1.29 is 9.53 Å². The first-order chi connectivity index (χ1) is 13.5. The molecule has 6 nitrogen and oxygen atoms in total. The molecule has 0 aliphatic carbocycles. The number of rotatable bonds is 5. The van der Waals surface area contributed by atoms with Crippen molar-refractivity contribution in [3.63, 3.8) is 0 Å². The molecule has 148 valence electrons. The van der Waals surface area contributed by atoms with Crippen molar-refractivity contribution in [1.29, 1.82) is 0 Å². The fraction of sp³-hybridized carbons (Fsp3) is 0.545. The Labute approximate surface area is 166 Å². The van der Waals surface area contributed by atoms with Gasteiger partial charge < -0.3 is 14.5 Å². The Morgan fingerprint density at radius 2 is 2.25 bits per heavy atom. The first-order valence-corrected chi connectivity index (χ1v) is 10.2. The fourth-order valence-electron chi connectivity index (χ4n) is 5.58. The molecule has 5 rings (SSSR count). The van der Waals surface area contributed by atoms with Gasteiger partial charge in [0.2, 0.25) is 0 Å². The summed E-state index contributed by atoms with van der Waals surface area (Å²) < 4.78 is 8.35. The summed E-state index contributed by atoms with van der Waals surface area (Å²) in [6.45, 7) is 3.27. The predicted molar refractivity (Wildman–Crippen MR) is 106 cm³/mol. The number of fused-ring (bicyclic) bond motifs is 1. The Hall–Kier alpha value is -2.18. The molecule has 1 aromatic heterocycles. The summed E-state index contributed by atoms with van der Waals surface area (Å²) in [4.78, 5) is 17.6. The van der Waals surface area contributed by atoms with Gasteiger partial charge in [-0.15, -0.1) is 0 Å². The molecule has 1 amide bonds. The molecule has 4 atom stereocenters. The molecule has 1 aromatic carbocycles. The van der Waals surface area contributed by atoms with Crippen molar-refractivity contribution in [3.8, 4) is 0 Å². The van der Waals surface area contributed by atoms with E-state index in [1.807, 2.05) is 46.1 Å². The summed E-state index contributed by atoms with van der Waals surface area (Å²) in [5, 5.41) is 4.26. The molecule has 6 heteroatoms. The molecule has 2 aromatic rings. The molecule has 3 aliphatic heterocycles. The lowest BCUT2D eigenvalue weighted by Crippen LogP contribution is -2.40. The summed E-state index contributed by atoms with van der Waals surface area (Å²) in [6, 6.07) is 9.86. The summed E-state index contributed by atoms with van der Waals surface area (Å²) in [7, 11) is 4.25. The zero-order chi connectivity index (χ0) is 19.3. The molecule has 1 spiro atoms. The largest absolute Gasteiger partial charge is 0.369 e. The second-order valence-electron chi connectivity index (χ2n) is 8.88. The van der Waals surface area contributed by atoms with E-state index in [1.54, 1.807) is 6.20 Å². The Bertz CT molecular complexity index is 865. The topological polar surface area (TPSA) is 50.6 Å². The van der Waals surface area contributed by atoms with E-state index in [0.29, 0.717) is 24.5 Å². The second-order valence-corrected chi connectivity index (χ2v) is 8.88. The first kappa shape index (κ1) is 17.9. The highest BCUT2D eigenvalue weighted by molar-refractivity contribution is 5.94. The maximum Gasteiger partial charge on any atom is 0.253 e. The Morgan fingerprint density at radius 1 is 1.36 bits per heavy atom. The number of benzene rings is 1. The number of hydrogen-bond acceptors (Lipinski definition) is 4. The average molecular weight is 380 g/mol. The maximum atomic E-state index is 13.3. The van der Waals surface area contributed by atoms with Crippen LogP contribution in [0.15, 0.2) is 42.7 Å². The standard InChI is InChI=1S/C22H28N4O2/c1-24(2)13-18-19-14-25(15-22(19)8-7-20(18)28-22)21(27)17-6-3-5-16(11-17)12-26-10-4-9-23-26/h3-6,9-11,18-20H,7-8,12-15H2,1-2H3/t18-,19+,20+,22+/m1/s1. The van der Waals surface area contributed by atoms with Crippen molar-refractivity contribution in [2.24, 2.45) is 11.8 Å². The van der Waals surface area contributed by atoms with E-state index in [1.165, 1.54) is 0 Å². The molecule has 0 unspecified atom stereocenters. The van der Waals surface area contributed by atoms with Crippen LogP contribution in [-0.2, 0) is 11.3 Å². The van der Waals surface area contributed by atoms with Crippen molar-refractivity contribution in [3.05, 3.63) is 53.9 Å². The van der Waals surface area contributed by atoms with Crippen LogP contribution in [0.4, 0.5) is 0 Å². The number of carbonyl (C=O) groups excluding carboxylic acids is 1. The number of aromatic nitrogens is 2. The minimum atomic E-state index is -0.103. The van der Waals surface area contributed by atoms with Crippen LogP contribution in [-0.4, -0.2) is 70.9 Å². The van der Waals surface area contributed by atoms with Crippen molar-refractivity contribution in [2.75, 3.05) is 33.7 Å². The molecule has 3 fully saturated rings. The van der Waals surface area contributed by atoms with Crippen LogP contribution in [0, 0.1) is 11.8 Å². The van der Waals surface area contributed by atoms with Crippen LogP contribution in [0.5, 0.6) is 0 Å². The minimum Gasteiger partial charge on any atom is -0.369 e. The predicted octanol–water partition coefficient (Wildman–Crippen LogP) is 2.11. The molecule has 28 heavy (non-hydrogen) atoms. The van der Waals surface area contributed by atoms with Crippen LogP contribution >= 0.6 is 0 Å². The van der Waals surface area contributed by atoms with E-state index in [2.05, 4.69) is 24.1 Å². The van der Waals surface area contributed by atoms with Gasteiger partial charge in [-0.2, -0.15) is 5.10 Å². The lowest BCUT2D eigenvalue weighted by molar-refractivity contribution is 0.00256. The first-order valence-electron chi connectivity index (χ1n) is 10.2. The number of amides is 1. The van der Waals surface area contributed by atoms with Crippen LogP contribution < -0.4 is 0 Å². The number of likely N-dealkylation sites (tertiary alicyclic amines) is 1. The van der Waals surface area contributed by atoms with Gasteiger partial charge in [-0.3, -0.25) is 9.48 Å². The molecule has 2 bridgehead atoms. The molecular formula is C22H28N4O2. The van der Waals surface area contributed by atoms with Crippen molar-refractivity contribution in [2.45, 2.75) is 31.1 Å². The van der Waals surface area contributed by atoms with Crippen molar-refractivity contribution in [1.82, 2.24) is 19.6 Å². The highest BCUT2D eigenvalue weighted by Crippen LogP contribution is 2.55. The summed E-state index contributed by atoms with van der Waals surface area (Å²) in [6.07, 6.45) is 6.32. The van der Waals surface area contributed by atoms with Gasteiger partial charge in [0.1, 0.15) is 0 Å². The van der Waals surface area contributed by atoms with Crippen LogP contribution in [0.2, 0.25) is 0 Å². The highest BCUT2D eigenvalue weighted by atomic mass is 16.5. The molecule has 0 N–H and O–H groups in total. The Balaban J connectivity index is 1.33. The van der Waals surface area contributed by atoms with Gasteiger partial charge in [0.15, 0.2) is 0 Å².